The Balaban J connectivity index is 3.60. The second-order valence-corrected chi connectivity index (χ2v) is 2.68. The van der Waals surface area contributed by atoms with Gasteiger partial charge in [0.05, 0.1) is 0 Å². The van der Waals surface area contributed by atoms with Crippen LogP contribution in [0.3, 0.4) is 0 Å². The number of hydrogen-bond donors (Lipinski definition) is 0. The zero-order chi connectivity index (χ0) is 8.69. The summed E-state index contributed by atoms with van der Waals surface area (Å²) in [7, 11) is 0. The molecule has 0 saturated carbocycles. The van der Waals surface area contributed by atoms with Gasteiger partial charge in [0.1, 0.15) is 0 Å². The van der Waals surface area contributed by atoms with E-state index in [0.717, 1.165) is 13.1 Å². The predicted octanol–water partition coefficient (Wildman–Crippen LogP) is 2.03. The Morgan fingerprint density at radius 3 is 2.55 bits per heavy atom. The molecule has 11 heavy (non-hydrogen) atoms. The summed E-state index contributed by atoms with van der Waals surface area (Å²) in [4.78, 5) is 4.96. The SMILES string of the molecule is CCN(CCN=[N+]=[N-])C(C)C. The van der Waals surface area contributed by atoms with E-state index in [0.29, 0.717) is 12.6 Å². The number of azide groups is 1. The van der Waals surface area contributed by atoms with Crippen molar-refractivity contribution in [1.29, 1.82) is 0 Å². The fourth-order valence-electron chi connectivity index (χ4n) is 0.999. The van der Waals surface area contributed by atoms with Crippen molar-refractivity contribution in [2.75, 3.05) is 19.6 Å². The highest BCUT2D eigenvalue weighted by Gasteiger charge is 2.04. The van der Waals surface area contributed by atoms with E-state index in [9.17, 15) is 0 Å². The van der Waals surface area contributed by atoms with Crippen LogP contribution in [-0.4, -0.2) is 30.6 Å². The Morgan fingerprint density at radius 2 is 2.18 bits per heavy atom. The Labute approximate surface area is 67.8 Å². The van der Waals surface area contributed by atoms with Gasteiger partial charge in [-0.15, -0.1) is 0 Å². The lowest BCUT2D eigenvalue weighted by Gasteiger charge is -2.23. The van der Waals surface area contributed by atoms with Gasteiger partial charge in [-0.25, -0.2) is 0 Å². The maximum absolute atomic E-state index is 8.03. The topological polar surface area (TPSA) is 52.0 Å². The Morgan fingerprint density at radius 1 is 1.55 bits per heavy atom. The van der Waals surface area contributed by atoms with Gasteiger partial charge in [0.2, 0.25) is 0 Å². The van der Waals surface area contributed by atoms with Gasteiger partial charge in [0.15, 0.2) is 0 Å². The molecule has 0 N–H and O–H groups in total. The lowest BCUT2D eigenvalue weighted by Crippen LogP contribution is -2.32. The van der Waals surface area contributed by atoms with E-state index in [1.54, 1.807) is 0 Å². The summed E-state index contributed by atoms with van der Waals surface area (Å²) in [6.07, 6.45) is 0. The van der Waals surface area contributed by atoms with Crippen molar-refractivity contribution in [1.82, 2.24) is 4.90 Å². The summed E-state index contributed by atoms with van der Waals surface area (Å²) < 4.78 is 0. The largest absolute Gasteiger partial charge is 0.301 e. The van der Waals surface area contributed by atoms with Crippen molar-refractivity contribution in [3.8, 4) is 0 Å². The van der Waals surface area contributed by atoms with Crippen molar-refractivity contribution in [3.05, 3.63) is 10.4 Å². The number of hydrogen-bond acceptors (Lipinski definition) is 2. The van der Waals surface area contributed by atoms with Crippen LogP contribution in [0.2, 0.25) is 0 Å². The normalized spacial score (nSPS) is 10.3. The average molecular weight is 156 g/mol. The first kappa shape index (κ1) is 10.3. The smallest absolute Gasteiger partial charge is 0.0385 e. The highest BCUT2D eigenvalue weighted by molar-refractivity contribution is 4.61. The minimum atomic E-state index is 0.536. The average Bonchev–Trinajstić information content (AvgIpc) is 1.97. The molecule has 0 spiro atoms. The van der Waals surface area contributed by atoms with Crippen LogP contribution in [0, 0.1) is 0 Å². The summed E-state index contributed by atoms with van der Waals surface area (Å²) in [6, 6.07) is 0.536. The number of likely N-dealkylation sites (N-methyl/N-ethyl adjacent to an activating group) is 1. The highest BCUT2D eigenvalue weighted by atomic mass is 15.2. The molecule has 0 radical (unpaired) electrons. The van der Waals surface area contributed by atoms with Gasteiger partial charge in [-0.1, -0.05) is 12.0 Å². The van der Waals surface area contributed by atoms with Crippen LogP contribution in [0.15, 0.2) is 5.11 Å². The molecule has 0 unspecified atom stereocenters. The van der Waals surface area contributed by atoms with Crippen LogP contribution < -0.4 is 0 Å². The first-order chi connectivity index (χ1) is 5.22. The van der Waals surface area contributed by atoms with Gasteiger partial charge in [-0.2, -0.15) is 0 Å². The van der Waals surface area contributed by atoms with Gasteiger partial charge >= 0.3 is 0 Å². The minimum Gasteiger partial charge on any atom is -0.301 e. The fourth-order valence-corrected chi connectivity index (χ4v) is 0.999. The molecule has 0 aromatic carbocycles. The maximum atomic E-state index is 8.03. The Kier molecular flexibility index (Phi) is 5.61. The molecular formula is C7H16N4. The molecule has 0 saturated heterocycles. The van der Waals surface area contributed by atoms with E-state index in [1.807, 2.05) is 0 Å². The predicted molar refractivity (Wildman–Crippen MR) is 46.4 cm³/mol. The maximum Gasteiger partial charge on any atom is 0.0385 e. The zero-order valence-electron chi connectivity index (χ0n) is 7.49. The van der Waals surface area contributed by atoms with Gasteiger partial charge in [0.25, 0.3) is 0 Å². The van der Waals surface area contributed by atoms with E-state index in [4.69, 9.17) is 5.53 Å². The first-order valence-corrected chi connectivity index (χ1v) is 3.97. The third-order valence-corrected chi connectivity index (χ3v) is 1.69. The van der Waals surface area contributed by atoms with Crippen LogP contribution in [-0.2, 0) is 0 Å². The van der Waals surface area contributed by atoms with E-state index >= 15 is 0 Å². The standard InChI is InChI=1S/C7H16N4/c1-4-11(7(2)3)6-5-9-10-8/h7H,4-6H2,1-3H3. The lowest BCUT2D eigenvalue weighted by molar-refractivity contribution is 0.240. The quantitative estimate of drug-likeness (QED) is 0.341. The van der Waals surface area contributed by atoms with Crippen LogP contribution in [0.25, 0.3) is 10.4 Å². The second-order valence-electron chi connectivity index (χ2n) is 2.68. The van der Waals surface area contributed by atoms with Gasteiger partial charge in [-0.3, -0.25) is 0 Å². The highest BCUT2D eigenvalue weighted by Crippen LogP contribution is 1.95. The zero-order valence-corrected chi connectivity index (χ0v) is 7.49. The summed E-state index contributed by atoms with van der Waals surface area (Å²) in [6.45, 7) is 8.83. The summed E-state index contributed by atoms with van der Waals surface area (Å²) in [5, 5.41) is 3.48. The molecule has 0 amide bonds. The molecule has 0 aromatic heterocycles. The molecular weight excluding hydrogens is 140 g/mol. The number of rotatable bonds is 5. The van der Waals surface area contributed by atoms with Crippen molar-refractivity contribution in [3.63, 3.8) is 0 Å². The minimum absolute atomic E-state index is 0.536. The Bertz CT molecular complexity index is 137. The summed E-state index contributed by atoms with van der Waals surface area (Å²) >= 11 is 0. The molecule has 0 heterocycles. The van der Waals surface area contributed by atoms with Crippen LogP contribution in [0.4, 0.5) is 0 Å². The third kappa shape index (κ3) is 4.65. The fraction of sp³-hybridized carbons (Fsp3) is 1.00. The van der Waals surface area contributed by atoms with E-state index in [-0.39, 0.29) is 0 Å². The summed E-state index contributed by atoms with van der Waals surface area (Å²) in [5.74, 6) is 0. The number of nitrogens with zero attached hydrogens (tertiary/aromatic N) is 4. The van der Waals surface area contributed by atoms with Crippen molar-refractivity contribution < 1.29 is 0 Å². The van der Waals surface area contributed by atoms with E-state index < -0.39 is 0 Å². The van der Waals surface area contributed by atoms with Gasteiger partial charge in [-0.05, 0) is 25.9 Å². The third-order valence-electron chi connectivity index (χ3n) is 1.69. The molecule has 4 heteroatoms. The van der Waals surface area contributed by atoms with Gasteiger partial charge < -0.3 is 4.90 Å². The molecule has 0 aliphatic carbocycles. The molecule has 0 aromatic rings. The van der Waals surface area contributed by atoms with Crippen LogP contribution in [0.1, 0.15) is 20.8 Å². The molecule has 4 nitrogen and oxygen atoms in total. The first-order valence-electron chi connectivity index (χ1n) is 3.97. The van der Waals surface area contributed by atoms with E-state index in [1.165, 1.54) is 0 Å². The monoisotopic (exact) mass is 156 g/mol. The van der Waals surface area contributed by atoms with Crippen molar-refractivity contribution in [2.45, 2.75) is 26.8 Å². The Hall–Kier alpha value is -0.730. The second kappa shape index (κ2) is 6.01. The molecule has 0 rings (SSSR count). The molecule has 0 aliphatic rings. The lowest BCUT2D eigenvalue weighted by atomic mass is 10.3. The van der Waals surface area contributed by atoms with Crippen molar-refractivity contribution >= 4 is 0 Å². The molecule has 0 fully saturated rings. The molecule has 0 aliphatic heterocycles. The molecule has 64 valence electrons. The van der Waals surface area contributed by atoms with E-state index in [2.05, 4.69) is 35.7 Å². The molecule has 0 atom stereocenters. The van der Waals surface area contributed by atoms with Crippen LogP contribution >= 0.6 is 0 Å². The van der Waals surface area contributed by atoms with Gasteiger partial charge in [0, 0.05) is 24.0 Å². The summed E-state index contributed by atoms with van der Waals surface area (Å²) in [5.41, 5.74) is 8.03. The molecule has 0 bridgehead atoms. The van der Waals surface area contributed by atoms with Crippen LogP contribution in [0.5, 0.6) is 0 Å². The van der Waals surface area contributed by atoms with Crippen molar-refractivity contribution in [2.24, 2.45) is 5.11 Å².